The highest BCUT2D eigenvalue weighted by Crippen LogP contribution is 2.29. The molecular formula is C13H16ClNO. The molecule has 0 spiro atoms. The normalized spacial score (nSPS) is 29.1. The fraction of sp³-hybridized carbons (Fsp3) is 0.538. The Morgan fingerprint density at radius 2 is 2.25 bits per heavy atom. The van der Waals surface area contributed by atoms with Crippen LogP contribution in [0.3, 0.4) is 0 Å². The molecule has 2 aliphatic rings. The topological polar surface area (TPSA) is 12.5 Å². The van der Waals surface area contributed by atoms with E-state index >= 15 is 0 Å². The van der Waals surface area contributed by atoms with E-state index in [-0.39, 0.29) is 0 Å². The van der Waals surface area contributed by atoms with Crippen molar-refractivity contribution in [3.8, 4) is 5.75 Å². The molecule has 3 rings (SSSR count). The van der Waals surface area contributed by atoms with Crippen molar-refractivity contribution in [3.05, 3.63) is 29.8 Å². The first-order valence-corrected chi connectivity index (χ1v) is 6.36. The predicted octanol–water partition coefficient (Wildman–Crippen LogP) is 2.30. The minimum Gasteiger partial charge on any atom is -0.488 e. The van der Waals surface area contributed by atoms with E-state index in [2.05, 4.69) is 23.1 Å². The predicted molar refractivity (Wildman–Crippen MR) is 65.3 cm³/mol. The highest BCUT2D eigenvalue weighted by Gasteiger charge is 2.27. The molecule has 2 nitrogen and oxygen atoms in total. The van der Waals surface area contributed by atoms with Crippen LogP contribution in [-0.2, 0) is 6.42 Å². The average Bonchev–Trinajstić information content (AvgIpc) is 2.84. The van der Waals surface area contributed by atoms with E-state index in [4.69, 9.17) is 16.3 Å². The van der Waals surface area contributed by atoms with Gasteiger partial charge in [0.15, 0.2) is 0 Å². The van der Waals surface area contributed by atoms with Gasteiger partial charge in [0.2, 0.25) is 0 Å². The van der Waals surface area contributed by atoms with Crippen LogP contribution in [0.4, 0.5) is 0 Å². The Labute approximate surface area is 101 Å². The van der Waals surface area contributed by atoms with Crippen molar-refractivity contribution in [1.82, 2.24) is 4.90 Å². The number of benzene rings is 1. The number of alkyl halides is 1. The third-order valence-electron chi connectivity index (χ3n) is 3.39. The maximum absolute atomic E-state index is 6.10. The van der Waals surface area contributed by atoms with Gasteiger partial charge in [-0.2, -0.15) is 0 Å². The summed E-state index contributed by atoms with van der Waals surface area (Å²) < 4.78 is 5.92. The minimum atomic E-state index is 0.319. The minimum absolute atomic E-state index is 0.319. The van der Waals surface area contributed by atoms with Crippen LogP contribution in [0.2, 0.25) is 0 Å². The zero-order valence-corrected chi connectivity index (χ0v) is 9.99. The zero-order chi connectivity index (χ0) is 11.0. The van der Waals surface area contributed by atoms with Gasteiger partial charge in [-0.15, -0.1) is 11.6 Å². The Kier molecular flexibility index (Phi) is 2.78. The van der Waals surface area contributed by atoms with E-state index in [9.17, 15) is 0 Å². The van der Waals surface area contributed by atoms with E-state index in [1.165, 1.54) is 5.56 Å². The van der Waals surface area contributed by atoms with Crippen LogP contribution in [-0.4, -0.2) is 36.0 Å². The van der Waals surface area contributed by atoms with Crippen molar-refractivity contribution in [3.63, 3.8) is 0 Å². The molecule has 3 heteroatoms. The fourth-order valence-electron chi connectivity index (χ4n) is 2.59. The first-order valence-electron chi connectivity index (χ1n) is 5.92. The molecule has 0 aromatic heterocycles. The van der Waals surface area contributed by atoms with Gasteiger partial charge in [-0.25, -0.2) is 0 Å². The van der Waals surface area contributed by atoms with Crippen LogP contribution in [0.5, 0.6) is 5.75 Å². The summed E-state index contributed by atoms with van der Waals surface area (Å²) in [4.78, 5) is 2.41. The molecule has 1 aromatic rings. The molecule has 2 atom stereocenters. The summed E-state index contributed by atoms with van der Waals surface area (Å²) in [5.41, 5.74) is 1.34. The molecule has 2 aliphatic heterocycles. The third kappa shape index (κ3) is 2.04. The van der Waals surface area contributed by atoms with Crippen LogP contribution >= 0.6 is 11.6 Å². The highest BCUT2D eigenvalue weighted by atomic mass is 35.5. The number of halogens is 1. The van der Waals surface area contributed by atoms with Crippen LogP contribution in [0.25, 0.3) is 0 Å². The summed E-state index contributed by atoms with van der Waals surface area (Å²) >= 11 is 6.10. The molecule has 0 saturated carbocycles. The van der Waals surface area contributed by atoms with Gasteiger partial charge in [0, 0.05) is 24.9 Å². The lowest BCUT2D eigenvalue weighted by molar-refractivity contribution is 0.168. The molecular weight excluding hydrogens is 222 g/mol. The van der Waals surface area contributed by atoms with Crippen molar-refractivity contribution in [2.45, 2.75) is 24.3 Å². The Morgan fingerprint density at radius 3 is 3.00 bits per heavy atom. The monoisotopic (exact) mass is 237 g/mol. The van der Waals surface area contributed by atoms with Crippen molar-refractivity contribution in [2.75, 3.05) is 19.6 Å². The van der Waals surface area contributed by atoms with Crippen LogP contribution in [0.15, 0.2) is 24.3 Å². The first kappa shape index (κ1) is 10.4. The van der Waals surface area contributed by atoms with Crippen molar-refractivity contribution in [2.24, 2.45) is 0 Å². The van der Waals surface area contributed by atoms with E-state index < -0.39 is 0 Å². The molecule has 1 fully saturated rings. The Balaban J connectivity index is 1.60. The number of nitrogens with zero attached hydrogens (tertiary/aromatic N) is 1. The number of para-hydroxylation sites is 1. The van der Waals surface area contributed by atoms with Crippen LogP contribution in [0, 0.1) is 0 Å². The molecule has 86 valence electrons. The van der Waals surface area contributed by atoms with Gasteiger partial charge in [0.25, 0.3) is 0 Å². The number of ether oxygens (including phenoxy) is 1. The Bertz CT molecular complexity index is 357. The second kappa shape index (κ2) is 4.27. The van der Waals surface area contributed by atoms with E-state index in [1.54, 1.807) is 0 Å². The zero-order valence-electron chi connectivity index (χ0n) is 9.23. The highest BCUT2D eigenvalue weighted by molar-refractivity contribution is 6.20. The maximum Gasteiger partial charge on any atom is 0.123 e. The molecule has 2 unspecified atom stereocenters. The molecule has 1 aromatic carbocycles. The molecule has 0 aliphatic carbocycles. The lowest BCUT2D eigenvalue weighted by atomic mass is 10.1. The largest absolute Gasteiger partial charge is 0.488 e. The maximum atomic E-state index is 6.10. The summed E-state index contributed by atoms with van der Waals surface area (Å²) in [5, 5.41) is 0.337. The number of hydrogen-bond donors (Lipinski definition) is 0. The van der Waals surface area contributed by atoms with Crippen molar-refractivity contribution >= 4 is 11.6 Å². The summed E-state index contributed by atoms with van der Waals surface area (Å²) in [6.45, 7) is 3.14. The second-order valence-electron chi connectivity index (χ2n) is 4.70. The molecule has 0 amide bonds. The lowest BCUT2D eigenvalue weighted by Crippen LogP contribution is -2.33. The van der Waals surface area contributed by atoms with Crippen molar-refractivity contribution < 1.29 is 4.74 Å². The smallest absolute Gasteiger partial charge is 0.123 e. The summed E-state index contributed by atoms with van der Waals surface area (Å²) in [5.74, 6) is 1.06. The molecule has 0 N–H and O–H groups in total. The molecule has 2 heterocycles. The summed E-state index contributed by atoms with van der Waals surface area (Å²) in [6.07, 6.45) is 2.47. The fourth-order valence-corrected chi connectivity index (χ4v) is 2.89. The standard InChI is InChI=1S/C13H16ClNO/c14-11-5-6-15(8-11)9-12-7-10-3-1-2-4-13(10)16-12/h1-4,11-12H,5-9H2. The van der Waals surface area contributed by atoms with Gasteiger partial charge in [0.1, 0.15) is 11.9 Å². The molecule has 0 bridgehead atoms. The molecule has 1 saturated heterocycles. The van der Waals surface area contributed by atoms with Crippen molar-refractivity contribution in [1.29, 1.82) is 0 Å². The van der Waals surface area contributed by atoms with Gasteiger partial charge in [0.05, 0.1) is 0 Å². The number of rotatable bonds is 2. The van der Waals surface area contributed by atoms with E-state index in [0.29, 0.717) is 11.5 Å². The SMILES string of the molecule is ClC1CCN(CC2Cc3ccccc3O2)C1. The van der Waals surface area contributed by atoms with E-state index in [1.807, 2.05) is 6.07 Å². The van der Waals surface area contributed by atoms with E-state index in [0.717, 1.165) is 38.2 Å². The van der Waals surface area contributed by atoms with Gasteiger partial charge in [-0.1, -0.05) is 18.2 Å². The Hall–Kier alpha value is -0.730. The average molecular weight is 238 g/mol. The second-order valence-corrected chi connectivity index (χ2v) is 5.31. The number of fused-ring (bicyclic) bond motifs is 1. The van der Waals surface area contributed by atoms with Crippen LogP contribution < -0.4 is 4.74 Å². The number of hydrogen-bond acceptors (Lipinski definition) is 2. The lowest BCUT2D eigenvalue weighted by Gasteiger charge is -2.19. The van der Waals surface area contributed by atoms with Crippen LogP contribution in [0.1, 0.15) is 12.0 Å². The summed E-state index contributed by atoms with van der Waals surface area (Å²) in [7, 11) is 0. The first-order chi connectivity index (χ1) is 7.81. The summed E-state index contributed by atoms with van der Waals surface area (Å²) in [6, 6.07) is 8.33. The van der Waals surface area contributed by atoms with Gasteiger partial charge >= 0.3 is 0 Å². The van der Waals surface area contributed by atoms with Gasteiger partial charge in [-0.05, 0) is 24.6 Å². The molecule has 0 radical (unpaired) electrons. The van der Waals surface area contributed by atoms with Gasteiger partial charge in [-0.3, -0.25) is 4.90 Å². The quantitative estimate of drug-likeness (QED) is 0.732. The van der Waals surface area contributed by atoms with Gasteiger partial charge < -0.3 is 4.74 Å². The third-order valence-corrected chi connectivity index (χ3v) is 3.75. The molecule has 16 heavy (non-hydrogen) atoms. The Morgan fingerprint density at radius 1 is 1.38 bits per heavy atom. The number of likely N-dealkylation sites (tertiary alicyclic amines) is 1.